The number of sulfonamides is 1. The first-order chi connectivity index (χ1) is 11.9. The van der Waals surface area contributed by atoms with Crippen molar-refractivity contribution in [2.24, 2.45) is 0 Å². The van der Waals surface area contributed by atoms with Crippen molar-refractivity contribution in [3.05, 3.63) is 59.0 Å². The van der Waals surface area contributed by atoms with Gasteiger partial charge in [-0.1, -0.05) is 23.7 Å². The minimum absolute atomic E-state index is 0.144. The second-order valence-electron chi connectivity index (χ2n) is 5.41. The summed E-state index contributed by atoms with van der Waals surface area (Å²) in [5.74, 6) is 0.548. The molecule has 3 N–H and O–H groups in total. The number of aromatic amines is 1. The van der Waals surface area contributed by atoms with Crippen LogP contribution in [0.15, 0.2) is 47.5 Å². The first-order valence-electron chi connectivity index (χ1n) is 7.39. The molecule has 0 saturated carbocycles. The zero-order valence-electron chi connectivity index (χ0n) is 13.5. The highest BCUT2D eigenvalue weighted by Gasteiger charge is 2.22. The maximum absolute atomic E-state index is 12.5. The van der Waals surface area contributed by atoms with Gasteiger partial charge in [0.1, 0.15) is 10.7 Å². The van der Waals surface area contributed by atoms with E-state index in [0.29, 0.717) is 27.9 Å². The van der Waals surface area contributed by atoms with Crippen LogP contribution in [0, 0.1) is 13.8 Å². The number of aryl methyl sites for hydroxylation is 2. The number of H-pyrrole nitrogens is 1. The monoisotopic (exact) mass is 377 g/mol. The number of rotatable bonds is 5. The Labute approximate surface area is 150 Å². The molecule has 25 heavy (non-hydrogen) atoms. The summed E-state index contributed by atoms with van der Waals surface area (Å²) in [4.78, 5) is 4.35. The summed E-state index contributed by atoms with van der Waals surface area (Å²) < 4.78 is 27.5. The van der Waals surface area contributed by atoms with E-state index < -0.39 is 10.0 Å². The molecule has 2 aromatic heterocycles. The highest BCUT2D eigenvalue weighted by Crippen LogP contribution is 2.25. The van der Waals surface area contributed by atoms with E-state index in [0.717, 1.165) is 5.69 Å². The van der Waals surface area contributed by atoms with Crippen LogP contribution in [0.25, 0.3) is 0 Å². The summed E-state index contributed by atoms with van der Waals surface area (Å²) in [5.41, 5.74) is 1.96. The van der Waals surface area contributed by atoms with Gasteiger partial charge in [-0.15, -0.1) is 0 Å². The lowest BCUT2D eigenvalue weighted by atomic mass is 10.3. The molecule has 0 aliphatic carbocycles. The molecule has 0 aliphatic rings. The van der Waals surface area contributed by atoms with E-state index in [1.807, 2.05) is 18.2 Å². The average Bonchev–Trinajstić information content (AvgIpc) is 2.91. The number of hydrogen-bond acceptors (Lipinski definition) is 5. The lowest BCUT2D eigenvalue weighted by Crippen LogP contribution is -2.14. The van der Waals surface area contributed by atoms with Crippen molar-refractivity contribution in [3.8, 4) is 0 Å². The summed E-state index contributed by atoms with van der Waals surface area (Å²) >= 11 is 6.09. The molecule has 0 bridgehead atoms. The Kier molecular flexibility index (Phi) is 4.65. The van der Waals surface area contributed by atoms with Gasteiger partial charge >= 0.3 is 0 Å². The van der Waals surface area contributed by atoms with E-state index in [2.05, 4.69) is 25.2 Å². The lowest BCUT2D eigenvalue weighted by molar-refractivity contribution is 0.600. The van der Waals surface area contributed by atoms with Crippen molar-refractivity contribution in [1.82, 2.24) is 15.2 Å². The SMILES string of the molecule is Cc1n[nH]c(C)c1S(=O)(=O)Nc1ccc(Nc2ccccc2Cl)nc1. The predicted molar refractivity (Wildman–Crippen MR) is 97.8 cm³/mol. The van der Waals surface area contributed by atoms with Crippen LogP contribution in [0.3, 0.4) is 0 Å². The maximum Gasteiger partial charge on any atom is 0.265 e. The number of para-hydroxylation sites is 1. The molecule has 7 nitrogen and oxygen atoms in total. The number of halogens is 1. The van der Waals surface area contributed by atoms with Crippen LogP contribution in [0.5, 0.6) is 0 Å². The zero-order chi connectivity index (χ0) is 18.0. The molecule has 0 aliphatic heterocycles. The van der Waals surface area contributed by atoms with E-state index in [1.54, 1.807) is 32.0 Å². The standard InChI is InChI=1S/C16H16ClN5O2S/c1-10-16(11(2)21-20-10)25(23,24)22-12-7-8-15(18-9-12)19-14-6-4-3-5-13(14)17/h3-9,22H,1-2H3,(H,18,19)(H,20,21). The molecule has 1 aromatic carbocycles. The first-order valence-corrected chi connectivity index (χ1v) is 9.25. The Morgan fingerprint density at radius 3 is 2.48 bits per heavy atom. The topological polar surface area (TPSA) is 99.8 Å². The van der Waals surface area contributed by atoms with E-state index in [4.69, 9.17) is 11.6 Å². The molecule has 130 valence electrons. The van der Waals surface area contributed by atoms with E-state index in [1.165, 1.54) is 6.20 Å². The van der Waals surface area contributed by atoms with Gasteiger partial charge in [-0.3, -0.25) is 9.82 Å². The van der Waals surface area contributed by atoms with Crippen LogP contribution in [0.1, 0.15) is 11.4 Å². The predicted octanol–water partition coefficient (Wildman–Crippen LogP) is 3.62. The summed E-state index contributed by atoms with van der Waals surface area (Å²) in [6.45, 7) is 3.29. The normalized spacial score (nSPS) is 11.3. The molecule has 3 aromatic rings. The third-order valence-corrected chi connectivity index (χ3v) is 5.45. The summed E-state index contributed by atoms with van der Waals surface area (Å²) in [5, 5.41) is 10.2. The van der Waals surface area contributed by atoms with E-state index in [9.17, 15) is 8.42 Å². The molecule has 0 spiro atoms. The number of nitrogens with zero attached hydrogens (tertiary/aromatic N) is 2. The third kappa shape index (κ3) is 3.75. The Hall–Kier alpha value is -2.58. The smallest absolute Gasteiger partial charge is 0.265 e. The van der Waals surface area contributed by atoms with Gasteiger partial charge in [0, 0.05) is 0 Å². The highest BCUT2D eigenvalue weighted by atomic mass is 35.5. The minimum Gasteiger partial charge on any atom is -0.339 e. The Bertz CT molecular complexity index is 980. The number of benzene rings is 1. The second-order valence-corrected chi connectivity index (χ2v) is 7.43. The molecule has 0 radical (unpaired) electrons. The number of nitrogens with one attached hydrogen (secondary N) is 3. The number of anilines is 3. The van der Waals surface area contributed by atoms with Gasteiger partial charge in [0.25, 0.3) is 10.0 Å². The fourth-order valence-electron chi connectivity index (χ4n) is 2.37. The van der Waals surface area contributed by atoms with Gasteiger partial charge in [-0.2, -0.15) is 5.10 Å². The zero-order valence-corrected chi connectivity index (χ0v) is 15.1. The van der Waals surface area contributed by atoms with Gasteiger partial charge in [0.15, 0.2) is 0 Å². The lowest BCUT2D eigenvalue weighted by Gasteiger charge is -2.10. The fraction of sp³-hybridized carbons (Fsp3) is 0.125. The molecule has 3 rings (SSSR count). The average molecular weight is 378 g/mol. The highest BCUT2D eigenvalue weighted by molar-refractivity contribution is 7.92. The van der Waals surface area contributed by atoms with Gasteiger partial charge in [-0.25, -0.2) is 13.4 Å². The molecule has 0 unspecified atom stereocenters. The van der Waals surface area contributed by atoms with E-state index >= 15 is 0 Å². The Morgan fingerprint density at radius 2 is 1.88 bits per heavy atom. The second kappa shape index (κ2) is 6.73. The Balaban J connectivity index is 1.78. The summed E-state index contributed by atoms with van der Waals surface area (Å²) in [6.07, 6.45) is 1.43. The molecule has 0 fully saturated rings. The number of aromatic nitrogens is 3. The molecule has 2 heterocycles. The Morgan fingerprint density at radius 1 is 1.12 bits per heavy atom. The summed E-state index contributed by atoms with van der Waals surface area (Å²) in [6, 6.07) is 10.6. The van der Waals surface area contributed by atoms with Gasteiger partial charge < -0.3 is 5.32 Å². The third-order valence-electron chi connectivity index (χ3n) is 3.48. The molecular formula is C16H16ClN5O2S. The van der Waals surface area contributed by atoms with Gasteiger partial charge in [-0.05, 0) is 38.1 Å². The number of pyridine rings is 1. The van der Waals surface area contributed by atoms with Crippen molar-refractivity contribution < 1.29 is 8.42 Å². The van der Waals surface area contributed by atoms with E-state index in [-0.39, 0.29) is 4.90 Å². The summed E-state index contributed by atoms with van der Waals surface area (Å²) in [7, 11) is -3.74. The van der Waals surface area contributed by atoms with Crippen molar-refractivity contribution in [2.45, 2.75) is 18.7 Å². The van der Waals surface area contributed by atoms with Crippen LogP contribution >= 0.6 is 11.6 Å². The first kappa shape index (κ1) is 17.2. The molecular weight excluding hydrogens is 362 g/mol. The molecule has 9 heteroatoms. The van der Waals surface area contributed by atoms with Crippen molar-refractivity contribution >= 4 is 38.8 Å². The van der Waals surface area contributed by atoms with Crippen LogP contribution in [0.4, 0.5) is 17.2 Å². The number of hydrogen-bond donors (Lipinski definition) is 3. The van der Waals surface area contributed by atoms with Crippen molar-refractivity contribution in [3.63, 3.8) is 0 Å². The fourth-order valence-corrected chi connectivity index (χ4v) is 3.97. The minimum atomic E-state index is -3.74. The van der Waals surface area contributed by atoms with Gasteiger partial charge in [0.2, 0.25) is 0 Å². The van der Waals surface area contributed by atoms with Crippen LogP contribution in [0.2, 0.25) is 5.02 Å². The van der Waals surface area contributed by atoms with Crippen LogP contribution in [-0.2, 0) is 10.0 Å². The van der Waals surface area contributed by atoms with Crippen LogP contribution in [-0.4, -0.2) is 23.6 Å². The van der Waals surface area contributed by atoms with Gasteiger partial charge in [0.05, 0.1) is 34.0 Å². The van der Waals surface area contributed by atoms with Crippen molar-refractivity contribution in [1.29, 1.82) is 0 Å². The van der Waals surface area contributed by atoms with Crippen LogP contribution < -0.4 is 10.0 Å². The molecule has 0 atom stereocenters. The largest absolute Gasteiger partial charge is 0.339 e. The molecule has 0 amide bonds. The molecule has 0 saturated heterocycles. The quantitative estimate of drug-likeness (QED) is 0.630. The van der Waals surface area contributed by atoms with Crippen molar-refractivity contribution in [2.75, 3.05) is 10.0 Å². The maximum atomic E-state index is 12.5.